The third kappa shape index (κ3) is 22.6. The summed E-state index contributed by atoms with van der Waals surface area (Å²) in [6.07, 6.45) is 16.5. The maximum Gasteiger partial charge on any atom is 0.153 e. The van der Waals surface area contributed by atoms with Crippen LogP contribution in [0.25, 0.3) is 65.3 Å². The number of rotatable bonds is 18. The van der Waals surface area contributed by atoms with Crippen molar-refractivity contribution in [3.63, 3.8) is 0 Å². The lowest BCUT2D eigenvalue weighted by molar-refractivity contribution is 0.808. The predicted octanol–water partition coefficient (Wildman–Crippen LogP) is 22.1. The SMILES string of the molecule is CC(C)Nc1cc(C(C)C)nc2cccnc12.CC(C)Nc1cc(C(C)C)nc2ccncc12.CC(C)Nc1nc(C(C)C)cc2cccnc12.CC(C)Nc1nc(C(C)C)cc2ccncc12.Cc1c(C(C)C)nc(NC(C)C)c2cnccc12.Cc1c(C(C)C)nc(NC(C)C)c2ncccc12. The molecule has 18 heteroatoms. The Morgan fingerprint density at radius 3 is 1.21 bits per heavy atom. The summed E-state index contributed by atoms with van der Waals surface area (Å²) in [4.78, 5) is 54.1. The Hall–Kier alpha value is -9.84. The van der Waals surface area contributed by atoms with Crippen LogP contribution in [0.2, 0.25) is 0 Å². The number of hydrogen-bond acceptors (Lipinski definition) is 18. The highest BCUT2D eigenvalue weighted by atomic mass is 15.1. The van der Waals surface area contributed by atoms with E-state index in [9.17, 15) is 0 Å². The van der Waals surface area contributed by atoms with E-state index < -0.39 is 0 Å². The van der Waals surface area contributed by atoms with Gasteiger partial charge in [0.1, 0.15) is 28.2 Å². The second kappa shape index (κ2) is 38.1. The maximum absolute atomic E-state index is 4.79. The van der Waals surface area contributed by atoms with Crippen LogP contribution in [0.4, 0.5) is 34.6 Å². The highest BCUT2D eigenvalue weighted by Crippen LogP contribution is 2.34. The van der Waals surface area contributed by atoms with E-state index in [2.05, 4.69) is 304 Å². The zero-order chi connectivity index (χ0) is 76.2. The van der Waals surface area contributed by atoms with Crippen LogP contribution in [0, 0.1) is 13.8 Å². The first-order chi connectivity index (χ1) is 49.3. The fourth-order valence-corrected chi connectivity index (χ4v) is 11.7. The summed E-state index contributed by atoms with van der Waals surface area (Å²) >= 11 is 0. The summed E-state index contributed by atoms with van der Waals surface area (Å²) in [6, 6.07) is 28.9. The molecule has 0 aliphatic rings. The van der Waals surface area contributed by atoms with E-state index in [1.54, 1.807) is 6.20 Å². The number of fused-ring (bicyclic) bond motifs is 6. The first kappa shape index (κ1) is 81.5. The van der Waals surface area contributed by atoms with Gasteiger partial charge in [-0.3, -0.25) is 39.9 Å². The minimum atomic E-state index is 0.352. The van der Waals surface area contributed by atoms with Gasteiger partial charge in [-0.15, -0.1) is 0 Å². The van der Waals surface area contributed by atoms with Crippen LogP contribution in [0.1, 0.15) is 247 Å². The van der Waals surface area contributed by atoms with Crippen LogP contribution in [0.3, 0.4) is 0 Å². The number of aromatic nitrogens is 12. The molecular formula is C86H118N18. The van der Waals surface area contributed by atoms with Crippen LogP contribution in [-0.4, -0.2) is 96.1 Å². The zero-order valence-electron chi connectivity index (χ0n) is 67.0. The van der Waals surface area contributed by atoms with E-state index in [4.69, 9.17) is 9.97 Å². The molecule has 12 aromatic heterocycles. The van der Waals surface area contributed by atoms with Gasteiger partial charge in [-0.25, -0.2) is 19.9 Å². The van der Waals surface area contributed by atoms with E-state index in [0.29, 0.717) is 71.8 Å². The van der Waals surface area contributed by atoms with E-state index in [-0.39, 0.29) is 0 Å². The smallest absolute Gasteiger partial charge is 0.153 e. The third-order valence-corrected chi connectivity index (χ3v) is 16.7. The van der Waals surface area contributed by atoms with Crippen molar-refractivity contribution in [2.45, 2.75) is 252 Å². The van der Waals surface area contributed by atoms with Crippen LogP contribution < -0.4 is 31.9 Å². The van der Waals surface area contributed by atoms with Crippen LogP contribution >= 0.6 is 0 Å². The number of hydrogen-bond donors (Lipinski definition) is 6. The Bertz CT molecular complexity index is 4240. The van der Waals surface area contributed by atoms with Crippen molar-refractivity contribution in [1.29, 1.82) is 0 Å². The predicted molar refractivity (Wildman–Crippen MR) is 444 cm³/mol. The van der Waals surface area contributed by atoms with Crippen LogP contribution in [0.5, 0.6) is 0 Å². The molecule has 552 valence electrons. The Morgan fingerprint density at radius 2 is 0.663 bits per heavy atom. The normalized spacial score (nSPS) is 11.4. The van der Waals surface area contributed by atoms with Crippen molar-refractivity contribution in [3.8, 4) is 0 Å². The van der Waals surface area contributed by atoms with Gasteiger partial charge < -0.3 is 31.9 Å². The van der Waals surface area contributed by atoms with Gasteiger partial charge in [-0.2, -0.15) is 0 Å². The van der Waals surface area contributed by atoms with Crippen molar-refractivity contribution in [1.82, 2.24) is 59.8 Å². The molecule has 0 spiro atoms. The summed E-state index contributed by atoms with van der Waals surface area (Å²) in [6.45, 7) is 55.7. The number of nitrogens with zero attached hydrogens (tertiary/aromatic N) is 12. The standard InChI is InChI=1S/2C15H21N3.4C14H19N3/c1-9(2)14-11(5)12-6-7-16-8-13(12)15(18-14)17-10(3)4;1-9(2)13-11(5)12-7-6-8-16-14(12)15(18-13)17-10(3)4;1-9(2)13-7-14(16-10(3)4)11-8-15-6-5-12(11)17-13;1-9(2)13-7-11-5-6-15-8-12(11)14(17-13)16-10(3)4;1-9(2)12-8-13(16-10(3)4)14-11(17-12)6-5-7-15-14;1-9(2)12-8-11-6-5-7-15-13(11)14(17-12)16-10(3)4/h2*6-10H,1-5H3,(H,17,18);4*5-10H,1-4H3,(H,16,17). The molecule has 18 nitrogen and oxygen atoms in total. The van der Waals surface area contributed by atoms with Gasteiger partial charge in [-0.05, 0) is 221 Å². The minimum absolute atomic E-state index is 0.352. The van der Waals surface area contributed by atoms with Gasteiger partial charge in [0.15, 0.2) is 11.6 Å². The Labute approximate surface area is 620 Å². The van der Waals surface area contributed by atoms with E-state index in [1.807, 2.05) is 86.0 Å². The lowest BCUT2D eigenvalue weighted by atomic mass is 10.00. The number of anilines is 6. The molecule has 6 N–H and O–H groups in total. The second-order valence-electron chi connectivity index (χ2n) is 30.4. The lowest BCUT2D eigenvalue weighted by Crippen LogP contribution is -2.13. The van der Waals surface area contributed by atoms with Crippen molar-refractivity contribution in [2.75, 3.05) is 31.9 Å². The van der Waals surface area contributed by atoms with Crippen molar-refractivity contribution in [3.05, 3.63) is 180 Å². The van der Waals surface area contributed by atoms with Crippen LogP contribution in [0.15, 0.2) is 135 Å². The molecule has 0 aliphatic heterocycles. The Morgan fingerprint density at radius 1 is 0.269 bits per heavy atom. The first-order valence-electron chi connectivity index (χ1n) is 37.4. The number of aryl methyl sites for hydroxylation is 2. The van der Waals surface area contributed by atoms with Gasteiger partial charge in [0.05, 0.1) is 16.7 Å². The summed E-state index contributed by atoms with van der Waals surface area (Å²) < 4.78 is 0. The molecule has 0 aliphatic carbocycles. The molecular weight excluding hydrogens is 1290 g/mol. The molecule has 0 unspecified atom stereocenters. The molecule has 0 aromatic carbocycles. The van der Waals surface area contributed by atoms with Crippen molar-refractivity contribution >= 4 is 99.9 Å². The lowest BCUT2D eigenvalue weighted by Gasteiger charge is -2.17. The molecule has 0 radical (unpaired) electrons. The molecule has 12 heterocycles. The monoisotopic (exact) mass is 1400 g/mol. The fourth-order valence-electron chi connectivity index (χ4n) is 11.7. The molecule has 12 aromatic rings. The Balaban J connectivity index is 0.000000175. The number of nitrogens with one attached hydrogen (secondary N) is 6. The second-order valence-corrected chi connectivity index (χ2v) is 30.4. The molecule has 104 heavy (non-hydrogen) atoms. The molecule has 0 saturated carbocycles. The van der Waals surface area contributed by atoms with E-state index in [0.717, 1.165) is 118 Å². The van der Waals surface area contributed by atoms with Gasteiger partial charge in [0.25, 0.3) is 0 Å². The Kier molecular flexibility index (Phi) is 29.8. The molecule has 0 amide bonds. The molecule has 0 fully saturated rings. The summed E-state index contributed by atoms with van der Waals surface area (Å²) in [5.74, 6) is 6.23. The summed E-state index contributed by atoms with van der Waals surface area (Å²) in [7, 11) is 0. The molecule has 12 rings (SSSR count). The maximum atomic E-state index is 4.79. The zero-order valence-corrected chi connectivity index (χ0v) is 67.0. The highest BCUT2D eigenvalue weighted by Gasteiger charge is 2.18. The van der Waals surface area contributed by atoms with Crippen molar-refractivity contribution in [2.24, 2.45) is 0 Å². The fraction of sp³-hybridized carbons (Fsp3) is 0.442. The quantitative estimate of drug-likeness (QED) is 0.0469. The topological polar surface area (TPSA) is 227 Å². The number of pyridine rings is 12. The van der Waals surface area contributed by atoms with Gasteiger partial charge in [-0.1, -0.05) is 95.2 Å². The third-order valence-electron chi connectivity index (χ3n) is 16.7. The average molecular weight is 1400 g/mol. The summed E-state index contributed by atoms with van der Waals surface area (Å²) in [5, 5.41) is 28.5. The van der Waals surface area contributed by atoms with Crippen LogP contribution in [-0.2, 0) is 0 Å². The molecule has 0 saturated heterocycles. The van der Waals surface area contributed by atoms with E-state index >= 15 is 0 Å². The molecule has 0 atom stereocenters. The van der Waals surface area contributed by atoms with E-state index in [1.165, 1.54) is 27.3 Å². The molecule has 0 bridgehead atoms. The first-order valence-corrected chi connectivity index (χ1v) is 37.4. The summed E-state index contributed by atoms with van der Waals surface area (Å²) in [5.41, 5.74) is 16.3. The largest absolute Gasteiger partial charge is 0.382 e. The van der Waals surface area contributed by atoms with Gasteiger partial charge in [0.2, 0.25) is 0 Å². The average Bonchev–Trinajstić information content (AvgIpc) is 0.775. The van der Waals surface area contributed by atoms with Crippen molar-refractivity contribution < 1.29 is 0 Å². The highest BCUT2D eigenvalue weighted by molar-refractivity contribution is 5.95. The van der Waals surface area contributed by atoms with Gasteiger partial charge >= 0.3 is 0 Å². The van der Waals surface area contributed by atoms with Gasteiger partial charge in [0, 0.05) is 159 Å². The minimum Gasteiger partial charge on any atom is -0.382 e.